The van der Waals surface area contributed by atoms with Crippen LogP contribution in [0.3, 0.4) is 0 Å². The highest BCUT2D eigenvalue weighted by atomic mass is 28.4. The molecule has 2 aromatic rings. The lowest BCUT2D eigenvalue weighted by atomic mass is 10.0. The van der Waals surface area contributed by atoms with Crippen LogP contribution in [-0.4, -0.2) is 20.8 Å². The van der Waals surface area contributed by atoms with Crippen LogP contribution >= 0.6 is 0 Å². The Balaban J connectivity index is 1.93. The Labute approximate surface area is 158 Å². The Morgan fingerprint density at radius 1 is 1.00 bits per heavy atom. The molecule has 1 aliphatic heterocycles. The van der Waals surface area contributed by atoms with E-state index in [1.165, 1.54) is 11.1 Å². The highest BCUT2D eigenvalue weighted by Crippen LogP contribution is 2.33. The number of hydrogen-bond acceptors (Lipinski definition) is 2. The number of benzene rings is 2. The van der Waals surface area contributed by atoms with Crippen LogP contribution < -0.4 is 9.33 Å². The summed E-state index contributed by atoms with van der Waals surface area (Å²) in [4.78, 5) is 13.9. The van der Waals surface area contributed by atoms with Gasteiger partial charge in [0, 0.05) is 18.7 Å². The van der Waals surface area contributed by atoms with Gasteiger partial charge < -0.3 is 9.33 Å². The Morgan fingerprint density at radius 3 is 2.23 bits per heavy atom. The van der Waals surface area contributed by atoms with E-state index in [0.29, 0.717) is 6.42 Å². The van der Waals surface area contributed by atoms with E-state index in [1.807, 2.05) is 11.0 Å². The van der Waals surface area contributed by atoms with Gasteiger partial charge in [0.25, 0.3) is 0 Å². The van der Waals surface area contributed by atoms with Gasteiger partial charge in [0.15, 0.2) is 0 Å². The molecule has 2 aromatic carbocycles. The largest absolute Gasteiger partial charge is 0.543 e. The first kappa shape index (κ1) is 18.7. The van der Waals surface area contributed by atoms with Crippen LogP contribution in [0.1, 0.15) is 38.3 Å². The third-order valence-corrected chi connectivity index (χ3v) is 10.2. The number of β-lactam (4-membered cyclic amide) rings is 1. The number of carbonyl (C=O) groups excluding carboxylic acids is 1. The van der Waals surface area contributed by atoms with Crippen LogP contribution in [0, 0.1) is 0 Å². The fraction of sp³-hybridized carbons (Fsp3) is 0.409. The minimum absolute atomic E-state index is 0.215. The molecule has 0 unspecified atom stereocenters. The second kappa shape index (κ2) is 8.08. The normalized spacial score (nSPS) is 14.3. The van der Waals surface area contributed by atoms with Crippen LogP contribution in [0.2, 0.25) is 18.1 Å². The SMILES string of the molecule is CC[Si](CC)(CC)Oc1ccc(N2CCC2=O)c(Cc2ccccc2)c1. The van der Waals surface area contributed by atoms with Crippen molar-refractivity contribution in [1.29, 1.82) is 0 Å². The lowest BCUT2D eigenvalue weighted by Crippen LogP contribution is -2.44. The van der Waals surface area contributed by atoms with E-state index in [2.05, 4.69) is 63.2 Å². The molecule has 1 saturated heterocycles. The van der Waals surface area contributed by atoms with Gasteiger partial charge in [0.1, 0.15) is 5.75 Å². The smallest absolute Gasteiger partial charge is 0.250 e. The number of anilines is 1. The highest BCUT2D eigenvalue weighted by Gasteiger charge is 2.32. The number of rotatable bonds is 8. The Hall–Kier alpha value is -2.07. The second-order valence-electron chi connectivity index (χ2n) is 7.09. The standard InChI is InChI=1S/C22H29NO2Si/c1-4-26(5-2,6-3)25-20-12-13-21(23-15-14-22(23)24)19(17-20)16-18-10-8-7-9-11-18/h7-13,17H,4-6,14-16H2,1-3H3. The van der Waals surface area contributed by atoms with E-state index >= 15 is 0 Å². The van der Waals surface area contributed by atoms with Crippen molar-refractivity contribution >= 4 is 19.9 Å². The van der Waals surface area contributed by atoms with Gasteiger partial charge >= 0.3 is 0 Å². The van der Waals surface area contributed by atoms with Crippen LogP contribution in [-0.2, 0) is 11.2 Å². The molecule has 0 bridgehead atoms. The average molecular weight is 368 g/mol. The Bertz CT molecular complexity index is 748. The number of carbonyl (C=O) groups is 1. The molecule has 0 radical (unpaired) electrons. The maximum absolute atomic E-state index is 12.0. The summed E-state index contributed by atoms with van der Waals surface area (Å²) in [5, 5.41) is 0. The van der Waals surface area contributed by atoms with Gasteiger partial charge in [0.05, 0.1) is 0 Å². The van der Waals surface area contributed by atoms with Crippen molar-refractivity contribution in [2.24, 2.45) is 0 Å². The predicted molar refractivity (Wildman–Crippen MR) is 110 cm³/mol. The first-order chi connectivity index (χ1) is 12.6. The van der Waals surface area contributed by atoms with Gasteiger partial charge in [-0.3, -0.25) is 4.79 Å². The van der Waals surface area contributed by atoms with E-state index in [1.54, 1.807) is 0 Å². The second-order valence-corrected chi connectivity index (χ2v) is 11.8. The van der Waals surface area contributed by atoms with Crippen LogP contribution in [0.25, 0.3) is 0 Å². The van der Waals surface area contributed by atoms with Crippen molar-refractivity contribution in [1.82, 2.24) is 0 Å². The first-order valence-electron chi connectivity index (χ1n) is 9.77. The van der Waals surface area contributed by atoms with Gasteiger partial charge in [0.2, 0.25) is 14.2 Å². The molecule has 138 valence electrons. The molecule has 4 heteroatoms. The highest BCUT2D eigenvalue weighted by molar-refractivity contribution is 6.74. The molecule has 1 aliphatic rings. The summed E-state index contributed by atoms with van der Waals surface area (Å²) < 4.78 is 6.58. The fourth-order valence-electron chi connectivity index (χ4n) is 3.63. The van der Waals surface area contributed by atoms with Crippen molar-refractivity contribution in [3.63, 3.8) is 0 Å². The van der Waals surface area contributed by atoms with Crippen molar-refractivity contribution in [3.05, 3.63) is 59.7 Å². The van der Waals surface area contributed by atoms with Crippen LogP contribution in [0.15, 0.2) is 48.5 Å². The third-order valence-electron chi connectivity index (χ3n) is 5.70. The van der Waals surface area contributed by atoms with Crippen molar-refractivity contribution in [3.8, 4) is 5.75 Å². The summed E-state index contributed by atoms with van der Waals surface area (Å²) in [5.74, 6) is 1.18. The zero-order chi connectivity index (χ0) is 18.6. The number of hydrogen-bond donors (Lipinski definition) is 0. The summed E-state index contributed by atoms with van der Waals surface area (Å²) in [6, 6.07) is 20.1. The molecule has 0 saturated carbocycles. The molecular formula is C22H29NO2Si. The molecule has 0 aliphatic carbocycles. The Morgan fingerprint density at radius 2 is 1.69 bits per heavy atom. The van der Waals surface area contributed by atoms with E-state index in [0.717, 1.165) is 42.5 Å². The molecule has 0 aromatic heterocycles. The zero-order valence-corrected chi connectivity index (χ0v) is 17.1. The van der Waals surface area contributed by atoms with Crippen LogP contribution in [0.4, 0.5) is 5.69 Å². The van der Waals surface area contributed by atoms with Gasteiger partial charge in [-0.25, -0.2) is 0 Å². The van der Waals surface area contributed by atoms with Gasteiger partial charge in [-0.1, -0.05) is 51.1 Å². The minimum atomic E-state index is -1.71. The summed E-state index contributed by atoms with van der Waals surface area (Å²) in [5.41, 5.74) is 3.46. The maximum atomic E-state index is 12.0. The summed E-state index contributed by atoms with van der Waals surface area (Å²) in [6.45, 7) is 7.56. The molecule has 1 amide bonds. The van der Waals surface area contributed by atoms with Gasteiger partial charge in [-0.2, -0.15) is 0 Å². The van der Waals surface area contributed by atoms with Crippen molar-refractivity contribution in [2.45, 2.75) is 51.7 Å². The van der Waals surface area contributed by atoms with Gasteiger partial charge in [-0.05, 0) is 53.9 Å². The first-order valence-corrected chi connectivity index (χ1v) is 12.3. The van der Waals surface area contributed by atoms with E-state index in [4.69, 9.17) is 4.43 Å². The maximum Gasteiger partial charge on any atom is 0.250 e. The van der Waals surface area contributed by atoms with E-state index in [-0.39, 0.29) is 5.91 Å². The predicted octanol–water partition coefficient (Wildman–Crippen LogP) is 5.40. The van der Waals surface area contributed by atoms with Gasteiger partial charge in [-0.15, -0.1) is 0 Å². The minimum Gasteiger partial charge on any atom is -0.543 e. The molecule has 3 rings (SSSR count). The molecule has 26 heavy (non-hydrogen) atoms. The zero-order valence-electron chi connectivity index (χ0n) is 16.1. The number of nitrogens with zero attached hydrogens (tertiary/aromatic N) is 1. The average Bonchev–Trinajstić information content (AvgIpc) is 2.67. The van der Waals surface area contributed by atoms with Crippen LogP contribution in [0.5, 0.6) is 5.75 Å². The summed E-state index contributed by atoms with van der Waals surface area (Å²) in [6.07, 6.45) is 1.47. The molecule has 1 fully saturated rings. The van der Waals surface area contributed by atoms with Crippen molar-refractivity contribution in [2.75, 3.05) is 11.4 Å². The topological polar surface area (TPSA) is 29.5 Å². The van der Waals surface area contributed by atoms with Crippen molar-refractivity contribution < 1.29 is 9.22 Å². The summed E-state index contributed by atoms with van der Waals surface area (Å²) >= 11 is 0. The molecule has 0 N–H and O–H groups in total. The molecular weight excluding hydrogens is 338 g/mol. The summed E-state index contributed by atoms with van der Waals surface area (Å²) in [7, 11) is -1.71. The third kappa shape index (κ3) is 3.85. The number of amides is 1. The lowest BCUT2D eigenvalue weighted by molar-refractivity contribution is -0.122. The molecule has 1 heterocycles. The monoisotopic (exact) mass is 367 g/mol. The molecule has 0 atom stereocenters. The molecule has 3 nitrogen and oxygen atoms in total. The lowest BCUT2D eigenvalue weighted by Gasteiger charge is -2.34. The quantitative estimate of drug-likeness (QED) is 0.462. The van der Waals surface area contributed by atoms with E-state index in [9.17, 15) is 4.79 Å². The Kier molecular flexibility index (Phi) is 5.82. The fourth-order valence-corrected chi connectivity index (χ4v) is 6.19. The van der Waals surface area contributed by atoms with E-state index < -0.39 is 8.32 Å². The molecule has 0 spiro atoms.